The predicted octanol–water partition coefficient (Wildman–Crippen LogP) is 6.16. The normalized spacial score (nSPS) is 14.1. The van der Waals surface area contributed by atoms with Crippen LogP contribution in [0.5, 0.6) is 0 Å². The molecule has 0 radical (unpaired) electrons. The quantitative estimate of drug-likeness (QED) is 0.436. The van der Waals surface area contributed by atoms with Crippen molar-refractivity contribution in [3.05, 3.63) is 89.4 Å². The maximum atomic E-state index is 14.4. The van der Waals surface area contributed by atoms with Crippen LogP contribution in [0.1, 0.15) is 18.3 Å². The Kier molecular flexibility index (Phi) is 7.02. The molecule has 29 heavy (non-hydrogen) atoms. The molecular weight excluding hydrogens is 403 g/mol. The van der Waals surface area contributed by atoms with Crippen molar-refractivity contribution in [2.45, 2.75) is 12.7 Å². The number of rotatable bonds is 8. The van der Waals surface area contributed by atoms with E-state index in [0.717, 1.165) is 16.9 Å². The maximum Gasteiger partial charge on any atom is 0.258 e. The fourth-order valence-electron chi connectivity index (χ4n) is 3.15. The van der Waals surface area contributed by atoms with Crippen LogP contribution in [-0.4, -0.2) is 20.7 Å². The standard InChI is InChI=1S/C23H26ClN2O2P/c1-4-28-29(27,22-16-14-21(15-17-22)26(2)3)23(18-10-12-19(24)13-11-18)25-20-8-6-5-7-9-20/h5-17,23,25H,4H2,1-3H3/t23-,29+/m0/s1. The molecule has 3 aromatic rings. The van der Waals surface area contributed by atoms with E-state index in [-0.39, 0.29) is 0 Å². The number of hydrogen-bond acceptors (Lipinski definition) is 4. The first-order valence-corrected chi connectivity index (χ1v) is 11.6. The molecule has 1 N–H and O–H groups in total. The van der Waals surface area contributed by atoms with Crippen LogP contribution < -0.4 is 15.5 Å². The Morgan fingerprint density at radius 2 is 1.59 bits per heavy atom. The van der Waals surface area contributed by atoms with Gasteiger partial charge in [0.2, 0.25) is 0 Å². The Labute approximate surface area is 177 Å². The van der Waals surface area contributed by atoms with Gasteiger partial charge in [-0.1, -0.05) is 41.9 Å². The molecule has 0 aromatic heterocycles. The molecule has 3 rings (SSSR count). The van der Waals surface area contributed by atoms with Gasteiger partial charge in [-0.3, -0.25) is 4.57 Å². The molecule has 6 heteroatoms. The van der Waals surface area contributed by atoms with Gasteiger partial charge in [0.15, 0.2) is 0 Å². The van der Waals surface area contributed by atoms with E-state index in [4.69, 9.17) is 16.1 Å². The molecule has 0 amide bonds. The van der Waals surface area contributed by atoms with Crippen molar-refractivity contribution in [3.63, 3.8) is 0 Å². The monoisotopic (exact) mass is 428 g/mol. The van der Waals surface area contributed by atoms with E-state index in [1.807, 2.05) is 105 Å². The molecule has 0 aliphatic carbocycles. The third-order valence-corrected chi connectivity index (χ3v) is 7.67. The van der Waals surface area contributed by atoms with E-state index in [2.05, 4.69) is 5.32 Å². The van der Waals surface area contributed by atoms with Crippen LogP contribution in [0.25, 0.3) is 0 Å². The van der Waals surface area contributed by atoms with Crippen molar-refractivity contribution in [1.82, 2.24) is 0 Å². The lowest BCUT2D eigenvalue weighted by atomic mass is 10.2. The molecule has 0 unspecified atom stereocenters. The van der Waals surface area contributed by atoms with Crippen LogP contribution >= 0.6 is 19.0 Å². The zero-order valence-corrected chi connectivity index (χ0v) is 18.5. The van der Waals surface area contributed by atoms with Crippen molar-refractivity contribution in [2.75, 3.05) is 30.9 Å². The van der Waals surface area contributed by atoms with Crippen LogP contribution in [0.2, 0.25) is 5.02 Å². The largest absolute Gasteiger partial charge is 0.378 e. The van der Waals surface area contributed by atoms with Crippen molar-refractivity contribution in [3.8, 4) is 0 Å². The summed E-state index contributed by atoms with van der Waals surface area (Å²) in [6.45, 7) is 2.20. The number of nitrogens with zero attached hydrogens (tertiary/aromatic N) is 1. The average Bonchev–Trinajstić information content (AvgIpc) is 2.74. The summed E-state index contributed by atoms with van der Waals surface area (Å²) in [5.41, 5.74) is 2.76. The SMILES string of the molecule is CCO[P@](=O)(c1ccc(N(C)C)cc1)[C@H](Nc1ccccc1)c1ccc(Cl)cc1. The van der Waals surface area contributed by atoms with E-state index in [1.165, 1.54) is 0 Å². The van der Waals surface area contributed by atoms with E-state index >= 15 is 0 Å². The second-order valence-corrected chi connectivity index (χ2v) is 9.81. The maximum absolute atomic E-state index is 14.4. The Hall–Kier alpha value is -2.26. The zero-order valence-electron chi connectivity index (χ0n) is 16.9. The summed E-state index contributed by atoms with van der Waals surface area (Å²) in [6, 6.07) is 24.8. The van der Waals surface area contributed by atoms with Gasteiger partial charge in [-0.15, -0.1) is 0 Å². The minimum atomic E-state index is -3.31. The van der Waals surface area contributed by atoms with Gasteiger partial charge in [0.05, 0.1) is 6.61 Å². The lowest BCUT2D eigenvalue weighted by Gasteiger charge is -2.30. The Morgan fingerprint density at radius 3 is 2.14 bits per heavy atom. The number of benzene rings is 3. The minimum absolute atomic E-state index is 0.341. The molecule has 3 aromatic carbocycles. The van der Waals surface area contributed by atoms with Crippen molar-refractivity contribution < 1.29 is 9.09 Å². The summed E-state index contributed by atoms with van der Waals surface area (Å²) in [5, 5.41) is 4.74. The van der Waals surface area contributed by atoms with Crippen LogP contribution in [0.15, 0.2) is 78.9 Å². The van der Waals surface area contributed by atoms with Crippen molar-refractivity contribution in [2.24, 2.45) is 0 Å². The van der Waals surface area contributed by atoms with Gasteiger partial charge in [-0.25, -0.2) is 0 Å². The van der Waals surface area contributed by atoms with Gasteiger partial charge < -0.3 is 14.7 Å². The van der Waals surface area contributed by atoms with Crippen molar-refractivity contribution >= 4 is 35.6 Å². The molecular formula is C23H26ClN2O2P. The number of para-hydroxylation sites is 1. The highest BCUT2D eigenvalue weighted by Crippen LogP contribution is 2.59. The molecule has 152 valence electrons. The van der Waals surface area contributed by atoms with Gasteiger partial charge in [-0.05, 0) is 61.0 Å². The Bertz CT molecular complexity index is 960. The van der Waals surface area contributed by atoms with Crippen molar-refractivity contribution in [1.29, 1.82) is 0 Å². The van der Waals surface area contributed by atoms with E-state index in [9.17, 15) is 4.57 Å². The predicted molar refractivity (Wildman–Crippen MR) is 124 cm³/mol. The third kappa shape index (κ3) is 5.02. The summed E-state index contributed by atoms with van der Waals surface area (Å²) >= 11 is 6.09. The molecule has 0 aliphatic heterocycles. The zero-order chi connectivity index (χ0) is 20.9. The molecule has 4 nitrogen and oxygen atoms in total. The first-order valence-electron chi connectivity index (χ1n) is 9.53. The minimum Gasteiger partial charge on any atom is -0.378 e. The van der Waals surface area contributed by atoms with E-state index in [0.29, 0.717) is 16.9 Å². The molecule has 0 aliphatic rings. The number of hydrogen-bond donors (Lipinski definition) is 1. The van der Waals surface area contributed by atoms with Crippen LogP contribution in [-0.2, 0) is 9.09 Å². The van der Waals surface area contributed by atoms with Gasteiger partial charge in [0, 0.05) is 35.8 Å². The number of nitrogens with one attached hydrogen (secondary N) is 1. The second kappa shape index (κ2) is 9.49. The highest BCUT2D eigenvalue weighted by atomic mass is 35.5. The van der Waals surface area contributed by atoms with Crippen LogP contribution in [0.4, 0.5) is 11.4 Å². The summed E-state index contributed by atoms with van der Waals surface area (Å²) in [7, 11) is 0.646. The summed E-state index contributed by atoms with van der Waals surface area (Å²) in [4.78, 5) is 2.01. The van der Waals surface area contributed by atoms with Crippen LogP contribution in [0.3, 0.4) is 0 Å². The fourth-order valence-corrected chi connectivity index (χ4v) is 5.70. The topological polar surface area (TPSA) is 41.6 Å². The van der Waals surface area contributed by atoms with Gasteiger partial charge in [-0.2, -0.15) is 0 Å². The molecule has 0 fully saturated rings. The number of anilines is 2. The Morgan fingerprint density at radius 1 is 0.966 bits per heavy atom. The van der Waals surface area contributed by atoms with Crippen LogP contribution in [0, 0.1) is 0 Å². The molecule has 0 spiro atoms. The summed E-state index contributed by atoms with van der Waals surface area (Å²) in [5.74, 6) is -0.549. The van der Waals surface area contributed by atoms with Gasteiger partial charge in [0.25, 0.3) is 7.37 Å². The highest BCUT2D eigenvalue weighted by Gasteiger charge is 2.37. The molecule has 0 bridgehead atoms. The highest BCUT2D eigenvalue weighted by molar-refractivity contribution is 7.67. The third-order valence-electron chi connectivity index (χ3n) is 4.65. The first-order chi connectivity index (χ1) is 13.9. The summed E-state index contributed by atoms with van der Waals surface area (Å²) in [6.07, 6.45) is 0. The van der Waals surface area contributed by atoms with Gasteiger partial charge in [0.1, 0.15) is 5.78 Å². The smallest absolute Gasteiger partial charge is 0.258 e. The lowest BCUT2D eigenvalue weighted by Crippen LogP contribution is -2.21. The fraction of sp³-hybridized carbons (Fsp3) is 0.217. The molecule has 0 heterocycles. The molecule has 0 saturated heterocycles. The van der Waals surface area contributed by atoms with E-state index < -0.39 is 13.2 Å². The summed E-state index contributed by atoms with van der Waals surface area (Å²) < 4.78 is 20.3. The average molecular weight is 429 g/mol. The van der Waals surface area contributed by atoms with Gasteiger partial charge >= 0.3 is 0 Å². The first kappa shape index (κ1) is 21.4. The lowest BCUT2D eigenvalue weighted by molar-refractivity contribution is 0.335. The second-order valence-electron chi connectivity index (χ2n) is 6.89. The number of halogens is 1. The van der Waals surface area contributed by atoms with E-state index in [1.54, 1.807) is 0 Å². The Balaban J connectivity index is 2.09. The molecule has 0 saturated carbocycles. The molecule has 2 atom stereocenters.